The van der Waals surface area contributed by atoms with E-state index in [1.807, 2.05) is 0 Å². The van der Waals surface area contributed by atoms with Crippen LogP contribution < -0.4 is 0 Å². The highest BCUT2D eigenvalue weighted by atomic mass is 32.2. The van der Waals surface area contributed by atoms with E-state index in [4.69, 9.17) is 5.11 Å². The number of carbonyl (C=O) groups is 2. The van der Waals surface area contributed by atoms with E-state index in [1.165, 1.54) is 24.0 Å². The number of piperidine rings is 1. The summed E-state index contributed by atoms with van der Waals surface area (Å²) in [6.07, 6.45) is 1.14. The van der Waals surface area contributed by atoms with Crippen LogP contribution in [0, 0.1) is 5.92 Å². The summed E-state index contributed by atoms with van der Waals surface area (Å²) in [5, 5.41) is 9.10. The van der Waals surface area contributed by atoms with E-state index in [0.717, 1.165) is 0 Å². The summed E-state index contributed by atoms with van der Waals surface area (Å²) in [5.74, 6) is -2.02. The molecule has 1 aromatic rings. The number of carbonyl (C=O) groups excluding carboxylic acids is 1. The van der Waals surface area contributed by atoms with Crippen molar-refractivity contribution in [3.63, 3.8) is 0 Å². The van der Waals surface area contributed by atoms with Gasteiger partial charge in [0, 0.05) is 13.1 Å². The summed E-state index contributed by atoms with van der Waals surface area (Å²) in [7, 11) is -3.51. The van der Waals surface area contributed by atoms with Crippen molar-refractivity contribution >= 4 is 21.7 Å². The van der Waals surface area contributed by atoms with Crippen LogP contribution in [0.3, 0.4) is 0 Å². The van der Waals surface area contributed by atoms with Gasteiger partial charge in [-0.15, -0.1) is 0 Å². The molecule has 1 aliphatic heterocycles. The smallest absolute Gasteiger partial charge is 0.308 e. The first-order valence-electron chi connectivity index (χ1n) is 7.20. The number of amides is 1. The standard InChI is InChI=1S/C15H19NO5S/c1-2-22(20,21)13-8-4-3-7-12(13)14(17)16-9-5-6-11(10-16)15(18)19/h3-4,7-8,11H,2,5-6,9-10H2,1H3,(H,18,19)/t11-/m1/s1. The van der Waals surface area contributed by atoms with Crippen LogP contribution >= 0.6 is 0 Å². The van der Waals surface area contributed by atoms with E-state index in [-0.39, 0.29) is 22.8 Å². The Kier molecular flexibility index (Phi) is 4.85. The van der Waals surface area contributed by atoms with Gasteiger partial charge in [-0.25, -0.2) is 8.42 Å². The van der Waals surface area contributed by atoms with E-state index in [2.05, 4.69) is 0 Å². The molecule has 1 aromatic carbocycles. The Balaban J connectivity index is 2.32. The van der Waals surface area contributed by atoms with Gasteiger partial charge in [0.25, 0.3) is 5.91 Å². The lowest BCUT2D eigenvalue weighted by molar-refractivity contribution is -0.143. The van der Waals surface area contributed by atoms with E-state index in [1.54, 1.807) is 12.1 Å². The highest BCUT2D eigenvalue weighted by Crippen LogP contribution is 2.23. The van der Waals surface area contributed by atoms with Crippen LogP contribution in [0.5, 0.6) is 0 Å². The summed E-state index contributed by atoms with van der Waals surface area (Å²) < 4.78 is 24.2. The molecule has 22 heavy (non-hydrogen) atoms. The summed E-state index contributed by atoms with van der Waals surface area (Å²) in [6.45, 7) is 2.09. The molecule has 0 unspecified atom stereocenters. The molecule has 7 heteroatoms. The largest absolute Gasteiger partial charge is 0.481 e. The van der Waals surface area contributed by atoms with Crippen molar-refractivity contribution in [3.05, 3.63) is 29.8 Å². The van der Waals surface area contributed by atoms with Crippen LogP contribution in [0.25, 0.3) is 0 Å². The Morgan fingerprint density at radius 1 is 1.32 bits per heavy atom. The monoisotopic (exact) mass is 325 g/mol. The van der Waals surface area contributed by atoms with Crippen molar-refractivity contribution in [3.8, 4) is 0 Å². The Labute approximate surface area is 129 Å². The zero-order valence-corrected chi connectivity index (χ0v) is 13.2. The third kappa shape index (κ3) is 3.30. The van der Waals surface area contributed by atoms with Gasteiger partial charge in [-0.1, -0.05) is 19.1 Å². The molecule has 1 fully saturated rings. The lowest BCUT2D eigenvalue weighted by Gasteiger charge is -2.31. The van der Waals surface area contributed by atoms with Crippen molar-refractivity contribution in [2.75, 3.05) is 18.8 Å². The molecule has 0 radical (unpaired) electrons. The van der Waals surface area contributed by atoms with Crippen LogP contribution in [-0.2, 0) is 14.6 Å². The van der Waals surface area contributed by atoms with Crippen molar-refractivity contribution in [1.82, 2.24) is 4.90 Å². The fourth-order valence-electron chi connectivity index (χ4n) is 2.60. The van der Waals surface area contributed by atoms with Gasteiger partial charge in [0.2, 0.25) is 0 Å². The molecule has 0 aliphatic carbocycles. The van der Waals surface area contributed by atoms with Gasteiger partial charge in [0.05, 0.1) is 22.1 Å². The predicted octanol–water partition coefficient (Wildman–Crippen LogP) is 1.42. The van der Waals surface area contributed by atoms with Crippen molar-refractivity contribution in [2.24, 2.45) is 5.92 Å². The van der Waals surface area contributed by atoms with Crippen molar-refractivity contribution in [1.29, 1.82) is 0 Å². The number of nitrogens with zero attached hydrogens (tertiary/aromatic N) is 1. The van der Waals surface area contributed by atoms with Gasteiger partial charge in [-0.2, -0.15) is 0 Å². The second-order valence-electron chi connectivity index (χ2n) is 5.33. The lowest BCUT2D eigenvalue weighted by atomic mass is 9.97. The molecule has 0 saturated carbocycles. The van der Waals surface area contributed by atoms with Crippen LogP contribution in [0.2, 0.25) is 0 Å². The summed E-state index contributed by atoms with van der Waals surface area (Å²) >= 11 is 0. The van der Waals surface area contributed by atoms with Crippen molar-refractivity contribution in [2.45, 2.75) is 24.7 Å². The normalized spacial score (nSPS) is 19.0. The van der Waals surface area contributed by atoms with Crippen LogP contribution in [0.15, 0.2) is 29.2 Å². The minimum atomic E-state index is -3.51. The molecule has 2 rings (SSSR count). The first-order valence-corrected chi connectivity index (χ1v) is 8.86. The number of aliphatic carboxylic acids is 1. The van der Waals surface area contributed by atoms with Gasteiger partial charge in [0.1, 0.15) is 0 Å². The fraction of sp³-hybridized carbons (Fsp3) is 0.467. The van der Waals surface area contributed by atoms with Crippen LogP contribution in [-0.4, -0.2) is 49.1 Å². The molecule has 6 nitrogen and oxygen atoms in total. The SMILES string of the molecule is CCS(=O)(=O)c1ccccc1C(=O)N1CCC[C@@H](C(=O)O)C1. The number of sulfone groups is 1. The van der Waals surface area contributed by atoms with Crippen LogP contribution in [0.4, 0.5) is 0 Å². The average Bonchev–Trinajstić information content (AvgIpc) is 2.54. The molecule has 120 valence electrons. The highest BCUT2D eigenvalue weighted by Gasteiger charge is 2.30. The number of hydrogen-bond acceptors (Lipinski definition) is 4. The number of carboxylic acids is 1. The topological polar surface area (TPSA) is 91.8 Å². The summed E-state index contributed by atoms with van der Waals surface area (Å²) in [4.78, 5) is 25.2. The number of likely N-dealkylation sites (tertiary alicyclic amines) is 1. The molecular formula is C15H19NO5S. The van der Waals surface area contributed by atoms with Gasteiger partial charge in [-0.3, -0.25) is 9.59 Å². The zero-order valence-electron chi connectivity index (χ0n) is 12.4. The van der Waals surface area contributed by atoms with Gasteiger partial charge in [0.15, 0.2) is 9.84 Å². The molecule has 0 aromatic heterocycles. The average molecular weight is 325 g/mol. The van der Waals surface area contributed by atoms with E-state index in [9.17, 15) is 18.0 Å². The van der Waals surface area contributed by atoms with Gasteiger partial charge >= 0.3 is 5.97 Å². The number of rotatable bonds is 4. The summed E-state index contributed by atoms with van der Waals surface area (Å²) in [6, 6.07) is 6.09. The number of carboxylic acid groups (broad SMARTS) is 1. The Bertz CT molecular complexity index is 683. The highest BCUT2D eigenvalue weighted by molar-refractivity contribution is 7.91. The maximum atomic E-state index is 12.6. The molecule has 0 bridgehead atoms. The number of benzene rings is 1. The van der Waals surface area contributed by atoms with E-state index < -0.39 is 27.6 Å². The summed E-state index contributed by atoms with van der Waals surface area (Å²) in [5.41, 5.74) is 0.121. The van der Waals surface area contributed by atoms with Crippen LogP contribution in [0.1, 0.15) is 30.1 Å². The first-order chi connectivity index (χ1) is 10.4. The zero-order chi connectivity index (χ0) is 16.3. The van der Waals surface area contributed by atoms with E-state index in [0.29, 0.717) is 19.4 Å². The second kappa shape index (κ2) is 6.48. The Morgan fingerprint density at radius 2 is 2.00 bits per heavy atom. The predicted molar refractivity (Wildman–Crippen MR) is 80.4 cm³/mol. The Hall–Kier alpha value is -1.89. The third-order valence-corrected chi connectivity index (χ3v) is 5.68. The van der Waals surface area contributed by atoms with Crippen molar-refractivity contribution < 1.29 is 23.1 Å². The van der Waals surface area contributed by atoms with E-state index >= 15 is 0 Å². The molecule has 1 amide bonds. The molecular weight excluding hydrogens is 306 g/mol. The van der Waals surface area contributed by atoms with Gasteiger partial charge < -0.3 is 10.0 Å². The molecule has 0 spiro atoms. The maximum Gasteiger partial charge on any atom is 0.308 e. The maximum absolute atomic E-state index is 12.6. The molecule has 1 heterocycles. The second-order valence-corrected chi connectivity index (χ2v) is 7.57. The molecule has 1 N–H and O–H groups in total. The minimum absolute atomic E-state index is 0.0138. The lowest BCUT2D eigenvalue weighted by Crippen LogP contribution is -2.42. The van der Waals surface area contributed by atoms with Gasteiger partial charge in [-0.05, 0) is 25.0 Å². The quantitative estimate of drug-likeness (QED) is 0.904. The molecule has 1 aliphatic rings. The minimum Gasteiger partial charge on any atom is -0.481 e. The first kappa shape index (κ1) is 16.5. The molecule has 1 atom stereocenters. The fourth-order valence-corrected chi connectivity index (χ4v) is 3.69. The Morgan fingerprint density at radius 3 is 2.64 bits per heavy atom. The number of hydrogen-bond donors (Lipinski definition) is 1. The third-order valence-electron chi connectivity index (χ3n) is 3.89. The molecule has 1 saturated heterocycles.